The fourth-order valence-corrected chi connectivity index (χ4v) is 3.38. The molecule has 1 aromatic heterocycles. The molecule has 6 nitrogen and oxygen atoms in total. The minimum Gasteiger partial charge on any atom is -0.497 e. The van der Waals surface area contributed by atoms with Crippen LogP contribution in [0.4, 0.5) is 4.39 Å². The van der Waals surface area contributed by atoms with E-state index in [1.165, 1.54) is 22.9 Å². The van der Waals surface area contributed by atoms with Gasteiger partial charge in [-0.2, -0.15) is 0 Å². The van der Waals surface area contributed by atoms with Gasteiger partial charge < -0.3 is 14.7 Å². The molecule has 0 aliphatic rings. The second-order valence-corrected chi connectivity index (χ2v) is 7.16. The molecule has 0 radical (unpaired) electrons. The standard InChI is InChI=1S/C25H21FN2O4/c1-31-20-12-8-17(9-13-20)15-28-24(29)22-5-3-2-4-21(22)23(25(28)30)14-27-32-16-18-6-10-19(26)11-7-18/h2-14,30H,15-16H2,1H3. The van der Waals surface area contributed by atoms with Crippen LogP contribution in [0.3, 0.4) is 0 Å². The van der Waals surface area contributed by atoms with Crippen molar-refractivity contribution in [3.63, 3.8) is 0 Å². The Morgan fingerprint density at radius 3 is 2.31 bits per heavy atom. The number of ether oxygens (including phenoxy) is 1. The minimum atomic E-state index is -0.326. The Morgan fingerprint density at radius 1 is 0.969 bits per heavy atom. The van der Waals surface area contributed by atoms with Gasteiger partial charge in [-0.25, -0.2) is 4.39 Å². The fraction of sp³-hybridized carbons (Fsp3) is 0.120. The minimum absolute atomic E-state index is 0.140. The van der Waals surface area contributed by atoms with Crippen LogP contribution in [-0.4, -0.2) is 23.0 Å². The van der Waals surface area contributed by atoms with Crippen molar-refractivity contribution in [1.82, 2.24) is 4.57 Å². The quantitative estimate of drug-likeness (QED) is 0.346. The number of pyridine rings is 1. The Balaban J connectivity index is 1.66. The van der Waals surface area contributed by atoms with Crippen LogP contribution in [0, 0.1) is 5.82 Å². The maximum atomic E-state index is 13.0. The molecule has 7 heteroatoms. The van der Waals surface area contributed by atoms with Gasteiger partial charge in [-0.15, -0.1) is 0 Å². The zero-order valence-electron chi connectivity index (χ0n) is 17.4. The summed E-state index contributed by atoms with van der Waals surface area (Å²) in [4.78, 5) is 18.4. The van der Waals surface area contributed by atoms with E-state index >= 15 is 0 Å². The van der Waals surface area contributed by atoms with Gasteiger partial charge in [0.1, 0.15) is 18.2 Å². The lowest BCUT2D eigenvalue weighted by Gasteiger charge is -2.14. The summed E-state index contributed by atoms with van der Waals surface area (Å²) < 4.78 is 19.5. The van der Waals surface area contributed by atoms with Gasteiger partial charge in [0.25, 0.3) is 5.56 Å². The average molecular weight is 432 g/mol. The number of benzene rings is 3. The van der Waals surface area contributed by atoms with Crippen molar-refractivity contribution in [3.8, 4) is 11.6 Å². The molecule has 0 saturated carbocycles. The van der Waals surface area contributed by atoms with Crippen LogP contribution in [0.2, 0.25) is 0 Å². The lowest BCUT2D eigenvalue weighted by atomic mass is 10.1. The number of methoxy groups -OCH3 is 1. The van der Waals surface area contributed by atoms with Crippen LogP contribution < -0.4 is 10.3 Å². The van der Waals surface area contributed by atoms with Crippen LogP contribution in [0.25, 0.3) is 10.8 Å². The highest BCUT2D eigenvalue weighted by Crippen LogP contribution is 2.24. The molecule has 32 heavy (non-hydrogen) atoms. The van der Waals surface area contributed by atoms with Gasteiger partial charge in [0, 0.05) is 10.8 Å². The predicted octanol–water partition coefficient (Wildman–Crippen LogP) is 4.45. The normalized spacial score (nSPS) is 11.2. The molecule has 0 fully saturated rings. The molecule has 0 bridgehead atoms. The number of hydrogen-bond acceptors (Lipinski definition) is 5. The average Bonchev–Trinajstić information content (AvgIpc) is 2.83. The largest absolute Gasteiger partial charge is 0.497 e. The molecule has 3 aromatic carbocycles. The summed E-state index contributed by atoms with van der Waals surface area (Å²) in [5.74, 6) is 0.168. The number of aromatic hydroxyl groups is 1. The Hall–Kier alpha value is -4.13. The second kappa shape index (κ2) is 9.34. The molecule has 162 valence electrons. The summed E-state index contributed by atoms with van der Waals surface area (Å²) >= 11 is 0. The van der Waals surface area contributed by atoms with Gasteiger partial charge in [0.2, 0.25) is 5.88 Å². The van der Waals surface area contributed by atoms with Gasteiger partial charge in [-0.05, 0) is 41.5 Å². The van der Waals surface area contributed by atoms with Crippen molar-refractivity contribution >= 4 is 17.0 Å². The van der Waals surface area contributed by atoms with E-state index in [0.29, 0.717) is 22.1 Å². The molecule has 1 N–H and O–H groups in total. The van der Waals surface area contributed by atoms with Gasteiger partial charge >= 0.3 is 0 Å². The molecule has 4 aromatic rings. The summed E-state index contributed by atoms with van der Waals surface area (Å²) in [6, 6.07) is 20.2. The van der Waals surface area contributed by atoms with Crippen molar-refractivity contribution in [1.29, 1.82) is 0 Å². The first kappa shape index (κ1) is 21.1. The number of fused-ring (bicyclic) bond motifs is 1. The SMILES string of the molecule is COc1ccc(Cn2c(O)c(C=NOCc3ccc(F)cc3)c3ccccc3c2=O)cc1. The molecule has 0 spiro atoms. The first-order chi connectivity index (χ1) is 15.6. The maximum absolute atomic E-state index is 13.0. The summed E-state index contributed by atoms with van der Waals surface area (Å²) in [6.07, 6.45) is 1.38. The Morgan fingerprint density at radius 2 is 1.62 bits per heavy atom. The van der Waals surface area contributed by atoms with Crippen LogP contribution in [0.1, 0.15) is 16.7 Å². The zero-order valence-corrected chi connectivity index (χ0v) is 17.4. The van der Waals surface area contributed by atoms with Crippen LogP contribution in [-0.2, 0) is 18.0 Å². The molecular formula is C25H21FN2O4. The Labute approximate surface area is 183 Å². The molecule has 0 aliphatic carbocycles. The lowest BCUT2D eigenvalue weighted by Crippen LogP contribution is -2.22. The summed E-state index contributed by atoms with van der Waals surface area (Å²) in [7, 11) is 1.58. The van der Waals surface area contributed by atoms with E-state index in [2.05, 4.69) is 5.16 Å². The van der Waals surface area contributed by atoms with Crippen molar-refractivity contribution < 1.29 is 19.1 Å². The molecule has 0 saturated heterocycles. The summed E-state index contributed by atoms with van der Waals surface area (Å²) in [5.41, 5.74) is 1.64. The Bertz CT molecular complexity index is 1310. The number of nitrogens with zero attached hydrogens (tertiary/aromatic N) is 2. The van der Waals surface area contributed by atoms with Crippen molar-refractivity contribution in [3.05, 3.63) is 106 Å². The number of aromatic nitrogens is 1. The summed E-state index contributed by atoms with van der Waals surface area (Å²) in [6.45, 7) is 0.317. The lowest BCUT2D eigenvalue weighted by molar-refractivity contribution is 0.132. The van der Waals surface area contributed by atoms with Crippen LogP contribution in [0.5, 0.6) is 11.6 Å². The number of halogens is 1. The van der Waals surface area contributed by atoms with E-state index in [1.807, 2.05) is 12.1 Å². The zero-order chi connectivity index (χ0) is 22.5. The highest BCUT2D eigenvalue weighted by molar-refractivity contribution is 6.01. The molecule has 0 amide bonds. The third-order valence-corrected chi connectivity index (χ3v) is 5.09. The molecular weight excluding hydrogens is 411 g/mol. The van der Waals surface area contributed by atoms with Crippen LogP contribution in [0.15, 0.2) is 82.7 Å². The van der Waals surface area contributed by atoms with Gasteiger partial charge in [0.05, 0.1) is 25.4 Å². The topological polar surface area (TPSA) is 73.1 Å². The van der Waals surface area contributed by atoms with Crippen molar-refractivity contribution in [2.45, 2.75) is 13.2 Å². The monoisotopic (exact) mass is 432 g/mol. The molecule has 1 heterocycles. The third-order valence-electron chi connectivity index (χ3n) is 5.09. The predicted molar refractivity (Wildman–Crippen MR) is 121 cm³/mol. The number of oxime groups is 1. The van der Waals surface area contributed by atoms with E-state index < -0.39 is 0 Å². The van der Waals surface area contributed by atoms with Crippen molar-refractivity contribution in [2.75, 3.05) is 7.11 Å². The summed E-state index contributed by atoms with van der Waals surface area (Å²) in [5, 5.41) is 15.9. The smallest absolute Gasteiger partial charge is 0.261 e. The van der Waals surface area contributed by atoms with Gasteiger partial charge in [0.15, 0.2) is 0 Å². The van der Waals surface area contributed by atoms with Gasteiger partial charge in [-0.1, -0.05) is 47.6 Å². The third kappa shape index (κ3) is 4.46. The van der Waals surface area contributed by atoms with Gasteiger partial charge in [-0.3, -0.25) is 9.36 Å². The molecule has 0 unspecified atom stereocenters. The molecule has 0 atom stereocenters. The van der Waals surface area contributed by atoms with E-state index in [9.17, 15) is 14.3 Å². The molecule has 0 aliphatic heterocycles. The Kier molecular flexibility index (Phi) is 6.17. The first-order valence-corrected chi connectivity index (χ1v) is 9.94. The van der Waals surface area contributed by atoms with E-state index in [-0.39, 0.29) is 30.4 Å². The highest BCUT2D eigenvalue weighted by Gasteiger charge is 2.15. The highest BCUT2D eigenvalue weighted by atomic mass is 19.1. The maximum Gasteiger partial charge on any atom is 0.261 e. The van der Waals surface area contributed by atoms with E-state index in [1.54, 1.807) is 55.6 Å². The van der Waals surface area contributed by atoms with E-state index in [4.69, 9.17) is 9.57 Å². The second-order valence-electron chi connectivity index (χ2n) is 7.16. The van der Waals surface area contributed by atoms with E-state index in [0.717, 1.165) is 11.1 Å². The first-order valence-electron chi connectivity index (χ1n) is 9.94. The number of rotatable bonds is 7. The van der Waals surface area contributed by atoms with Crippen LogP contribution >= 0.6 is 0 Å². The fourth-order valence-electron chi connectivity index (χ4n) is 3.38. The number of hydrogen-bond donors (Lipinski definition) is 1. The van der Waals surface area contributed by atoms with Crippen molar-refractivity contribution in [2.24, 2.45) is 5.16 Å². The molecule has 4 rings (SSSR count).